The molecule has 3 rings (SSSR count). The molecule has 0 aliphatic carbocycles. The monoisotopic (exact) mass is 462 g/mol. The lowest BCUT2D eigenvalue weighted by atomic mass is 9.81. The van der Waals surface area contributed by atoms with E-state index < -0.39 is 46.5 Å². The second-order valence-electron chi connectivity index (χ2n) is 8.18. The maximum Gasteiger partial charge on any atom is 0.247 e. The Hall–Kier alpha value is -3.69. The van der Waals surface area contributed by atoms with Crippen LogP contribution in [0.5, 0.6) is 0 Å². The number of nitrogens with one attached hydrogen (secondary N) is 3. The van der Waals surface area contributed by atoms with Gasteiger partial charge in [0.25, 0.3) is 0 Å². The molecule has 0 aliphatic rings. The SMILES string of the molecule is CC(NC(=O)Cc1cc(F)cc(F)c1)C(=O)Nc1cc(C(C)(C)c2cc(F)cc(F)c2)n[nH]1. The number of anilines is 1. The minimum absolute atomic E-state index is 0.131. The van der Waals surface area contributed by atoms with E-state index in [9.17, 15) is 27.2 Å². The Bertz CT molecular complexity index is 1150. The number of hydrogen-bond acceptors (Lipinski definition) is 3. The summed E-state index contributed by atoms with van der Waals surface area (Å²) in [5.74, 6) is -3.99. The molecule has 0 radical (unpaired) electrons. The summed E-state index contributed by atoms with van der Waals surface area (Å²) in [6, 6.07) is 6.50. The molecule has 0 aliphatic heterocycles. The molecule has 10 heteroatoms. The highest BCUT2D eigenvalue weighted by atomic mass is 19.1. The van der Waals surface area contributed by atoms with E-state index in [1.54, 1.807) is 13.8 Å². The molecule has 174 valence electrons. The zero-order valence-corrected chi connectivity index (χ0v) is 18.1. The van der Waals surface area contributed by atoms with Crippen LogP contribution in [0.4, 0.5) is 23.4 Å². The van der Waals surface area contributed by atoms with Gasteiger partial charge in [-0.2, -0.15) is 5.10 Å². The molecule has 1 aromatic heterocycles. The van der Waals surface area contributed by atoms with Crippen molar-refractivity contribution in [3.8, 4) is 0 Å². The number of carbonyl (C=O) groups excluding carboxylic acids is 2. The van der Waals surface area contributed by atoms with E-state index in [1.807, 2.05) is 0 Å². The average Bonchev–Trinajstić information content (AvgIpc) is 3.15. The summed E-state index contributed by atoms with van der Waals surface area (Å²) in [4.78, 5) is 24.6. The van der Waals surface area contributed by atoms with Crippen molar-refractivity contribution in [2.75, 3.05) is 5.32 Å². The van der Waals surface area contributed by atoms with Crippen LogP contribution in [-0.2, 0) is 21.4 Å². The molecule has 2 amide bonds. The highest BCUT2D eigenvalue weighted by Gasteiger charge is 2.28. The predicted octanol–water partition coefficient (Wildman–Crippen LogP) is 3.98. The zero-order valence-electron chi connectivity index (χ0n) is 18.1. The van der Waals surface area contributed by atoms with Gasteiger partial charge >= 0.3 is 0 Å². The van der Waals surface area contributed by atoms with Crippen LogP contribution in [0.1, 0.15) is 37.6 Å². The van der Waals surface area contributed by atoms with Crippen LogP contribution in [0.3, 0.4) is 0 Å². The van der Waals surface area contributed by atoms with Gasteiger partial charge in [-0.25, -0.2) is 17.6 Å². The van der Waals surface area contributed by atoms with Gasteiger partial charge in [-0.15, -0.1) is 0 Å². The van der Waals surface area contributed by atoms with E-state index in [0.717, 1.165) is 18.2 Å². The molecule has 0 fully saturated rings. The zero-order chi connectivity index (χ0) is 24.3. The average molecular weight is 462 g/mol. The summed E-state index contributed by atoms with van der Waals surface area (Å²) < 4.78 is 53.8. The Labute approximate surface area is 187 Å². The molecule has 0 saturated carbocycles. The number of aromatic amines is 1. The quantitative estimate of drug-likeness (QED) is 0.465. The second kappa shape index (κ2) is 9.43. The maximum absolute atomic E-state index is 13.6. The first-order valence-electron chi connectivity index (χ1n) is 10.0. The van der Waals surface area contributed by atoms with E-state index in [4.69, 9.17) is 0 Å². The van der Waals surface area contributed by atoms with E-state index in [-0.39, 0.29) is 17.8 Å². The number of hydrogen-bond donors (Lipinski definition) is 3. The minimum Gasteiger partial charge on any atom is -0.344 e. The van der Waals surface area contributed by atoms with Gasteiger partial charge < -0.3 is 10.6 Å². The minimum atomic E-state index is -0.965. The van der Waals surface area contributed by atoms with Crippen molar-refractivity contribution < 1.29 is 27.2 Å². The molecule has 0 bridgehead atoms. The summed E-state index contributed by atoms with van der Waals surface area (Å²) in [5.41, 5.74) is 0.0425. The van der Waals surface area contributed by atoms with Crippen molar-refractivity contribution in [2.24, 2.45) is 0 Å². The molecule has 0 saturated heterocycles. The lowest BCUT2D eigenvalue weighted by Gasteiger charge is -2.23. The number of rotatable bonds is 7. The van der Waals surface area contributed by atoms with Crippen molar-refractivity contribution in [3.05, 3.63) is 82.6 Å². The summed E-state index contributed by atoms with van der Waals surface area (Å²) in [7, 11) is 0. The number of amides is 2. The number of carbonyl (C=O) groups is 2. The molecule has 1 unspecified atom stereocenters. The molecule has 6 nitrogen and oxygen atoms in total. The molecule has 3 N–H and O–H groups in total. The van der Waals surface area contributed by atoms with Crippen molar-refractivity contribution in [1.29, 1.82) is 0 Å². The first-order chi connectivity index (χ1) is 15.4. The summed E-state index contributed by atoms with van der Waals surface area (Å²) in [6.07, 6.45) is -0.307. The molecule has 3 aromatic rings. The normalized spacial score (nSPS) is 12.3. The third-order valence-corrected chi connectivity index (χ3v) is 5.12. The fourth-order valence-electron chi connectivity index (χ4n) is 3.27. The van der Waals surface area contributed by atoms with Crippen LogP contribution < -0.4 is 10.6 Å². The van der Waals surface area contributed by atoms with Gasteiger partial charge in [0.2, 0.25) is 11.8 Å². The Kier molecular flexibility index (Phi) is 6.85. The van der Waals surface area contributed by atoms with Gasteiger partial charge in [0.05, 0.1) is 12.1 Å². The van der Waals surface area contributed by atoms with Crippen molar-refractivity contribution in [3.63, 3.8) is 0 Å². The van der Waals surface area contributed by atoms with Crippen LogP contribution in [0, 0.1) is 23.3 Å². The molecule has 1 atom stereocenters. The number of aromatic nitrogens is 2. The number of halogens is 4. The van der Waals surface area contributed by atoms with E-state index in [0.29, 0.717) is 17.3 Å². The van der Waals surface area contributed by atoms with E-state index in [2.05, 4.69) is 20.8 Å². The van der Waals surface area contributed by atoms with Crippen LogP contribution in [-0.4, -0.2) is 28.1 Å². The molecule has 0 spiro atoms. The molecule has 33 heavy (non-hydrogen) atoms. The molecule has 2 aromatic carbocycles. The van der Waals surface area contributed by atoms with E-state index >= 15 is 0 Å². The van der Waals surface area contributed by atoms with Gasteiger partial charge in [0, 0.05) is 23.6 Å². The van der Waals surface area contributed by atoms with Crippen molar-refractivity contribution in [1.82, 2.24) is 15.5 Å². The van der Waals surface area contributed by atoms with Crippen LogP contribution in [0.25, 0.3) is 0 Å². The second-order valence-corrected chi connectivity index (χ2v) is 8.18. The van der Waals surface area contributed by atoms with Crippen molar-refractivity contribution >= 4 is 17.6 Å². The van der Waals surface area contributed by atoms with Crippen molar-refractivity contribution in [2.45, 2.75) is 38.6 Å². The standard InChI is InChI=1S/C23H22F4N4O2/c1-12(28-21(32)6-13-4-15(24)9-16(25)5-13)22(33)29-20-11-19(30-31-20)23(2,3)14-7-17(26)10-18(27)8-14/h4-5,7-12H,6H2,1-3H3,(H,28,32)(H2,29,30,31,33). The Morgan fingerprint density at radius 1 is 0.939 bits per heavy atom. The number of benzene rings is 2. The molecular formula is C23H22F4N4O2. The smallest absolute Gasteiger partial charge is 0.247 e. The molecule has 1 heterocycles. The van der Waals surface area contributed by atoms with Gasteiger partial charge in [0.15, 0.2) is 0 Å². The summed E-state index contributed by atoms with van der Waals surface area (Å²) >= 11 is 0. The van der Waals surface area contributed by atoms with Gasteiger partial charge in [-0.05, 0) is 42.3 Å². The maximum atomic E-state index is 13.6. The van der Waals surface area contributed by atoms with Gasteiger partial charge in [-0.3, -0.25) is 14.7 Å². The fourth-order valence-corrected chi connectivity index (χ4v) is 3.27. The van der Waals surface area contributed by atoms with Gasteiger partial charge in [-0.1, -0.05) is 13.8 Å². The number of nitrogens with zero attached hydrogens (tertiary/aromatic N) is 1. The predicted molar refractivity (Wildman–Crippen MR) is 113 cm³/mol. The fraction of sp³-hybridized carbons (Fsp3) is 0.261. The van der Waals surface area contributed by atoms with Crippen LogP contribution in [0.15, 0.2) is 42.5 Å². The van der Waals surface area contributed by atoms with Gasteiger partial charge in [0.1, 0.15) is 35.1 Å². The first-order valence-corrected chi connectivity index (χ1v) is 10.0. The third-order valence-electron chi connectivity index (χ3n) is 5.12. The number of H-pyrrole nitrogens is 1. The first kappa shape index (κ1) is 24.0. The topological polar surface area (TPSA) is 86.9 Å². The molecular weight excluding hydrogens is 440 g/mol. The largest absolute Gasteiger partial charge is 0.344 e. The lowest BCUT2D eigenvalue weighted by Crippen LogP contribution is -2.42. The summed E-state index contributed by atoms with van der Waals surface area (Å²) in [5, 5.41) is 11.8. The Balaban J connectivity index is 1.63. The summed E-state index contributed by atoms with van der Waals surface area (Å²) in [6.45, 7) is 4.89. The Morgan fingerprint density at radius 2 is 1.48 bits per heavy atom. The lowest BCUT2D eigenvalue weighted by molar-refractivity contribution is -0.125. The van der Waals surface area contributed by atoms with E-state index in [1.165, 1.54) is 25.1 Å². The van der Waals surface area contributed by atoms with Crippen LogP contribution >= 0.6 is 0 Å². The van der Waals surface area contributed by atoms with Crippen LogP contribution in [0.2, 0.25) is 0 Å². The highest BCUT2D eigenvalue weighted by molar-refractivity contribution is 5.96. The third kappa shape index (κ3) is 5.97. The Morgan fingerprint density at radius 3 is 2.06 bits per heavy atom. The highest BCUT2D eigenvalue weighted by Crippen LogP contribution is 2.32.